The summed E-state index contributed by atoms with van der Waals surface area (Å²) in [5, 5.41) is 0. The van der Waals surface area contributed by atoms with Crippen molar-refractivity contribution in [2.24, 2.45) is 11.8 Å². The van der Waals surface area contributed by atoms with Gasteiger partial charge in [-0.05, 0) is 38.0 Å². The van der Waals surface area contributed by atoms with Crippen molar-refractivity contribution < 1.29 is 49.4 Å². The number of benzene rings is 2. The van der Waals surface area contributed by atoms with Gasteiger partial charge in [-0.15, -0.1) is 0 Å². The fraction of sp³-hybridized carbons (Fsp3) is 0.606. The Morgan fingerprint density at radius 1 is 0.568 bits per heavy atom. The molecule has 0 amide bonds. The topological polar surface area (TPSA) is 35.5 Å². The van der Waals surface area contributed by atoms with Crippen LogP contribution in [-0.2, 0) is 4.79 Å². The highest BCUT2D eigenvalue weighted by atomic mass is 19.2. The molecule has 0 saturated heterocycles. The lowest BCUT2D eigenvalue weighted by molar-refractivity contribution is -0.140. The fourth-order valence-corrected chi connectivity index (χ4v) is 5.67. The zero-order chi connectivity index (χ0) is 32.4. The third-order valence-electron chi connectivity index (χ3n) is 8.29. The van der Waals surface area contributed by atoms with Crippen molar-refractivity contribution in [3.8, 4) is 22.6 Å². The maximum absolute atomic E-state index is 15.0. The van der Waals surface area contributed by atoms with Gasteiger partial charge < -0.3 is 9.47 Å². The summed E-state index contributed by atoms with van der Waals surface area (Å²) in [4.78, 5) is 12.6. The largest absolute Gasteiger partial charge is 0.487 e. The second-order valence-corrected chi connectivity index (χ2v) is 11.5. The minimum absolute atomic E-state index is 0.301. The maximum atomic E-state index is 15.0. The first-order chi connectivity index (χ1) is 21.0. The zero-order valence-electron chi connectivity index (χ0n) is 25.2. The van der Waals surface area contributed by atoms with Crippen LogP contribution in [-0.4, -0.2) is 12.6 Å². The molecule has 0 bridgehead atoms. The third kappa shape index (κ3) is 8.44. The summed E-state index contributed by atoms with van der Waals surface area (Å²) < 4.78 is 129. The second kappa shape index (κ2) is 17.0. The number of hydrogen-bond donors (Lipinski definition) is 0. The van der Waals surface area contributed by atoms with Crippen molar-refractivity contribution in [1.82, 2.24) is 0 Å². The van der Waals surface area contributed by atoms with Crippen LogP contribution in [0.3, 0.4) is 0 Å². The molecule has 0 unspecified atom stereocenters. The normalized spacial score (nSPS) is 16.8. The van der Waals surface area contributed by atoms with Crippen LogP contribution in [0.5, 0.6) is 11.5 Å². The Bertz CT molecular complexity index is 1220. The monoisotopic (exact) mass is 636 g/mol. The van der Waals surface area contributed by atoms with E-state index in [0.717, 1.165) is 57.8 Å². The Balaban J connectivity index is 1.77. The van der Waals surface area contributed by atoms with Gasteiger partial charge in [0.1, 0.15) is 0 Å². The average molecular weight is 637 g/mol. The van der Waals surface area contributed by atoms with Gasteiger partial charge in [0.05, 0.1) is 23.7 Å². The molecule has 2 aromatic carbocycles. The van der Waals surface area contributed by atoms with Gasteiger partial charge in [0.15, 0.2) is 29.0 Å². The smallest absolute Gasteiger partial charge is 0.314 e. The summed E-state index contributed by atoms with van der Waals surface area (Å²) in [6.45, 7) is 3.83. The minimum Gasteiger partial charge on any atom is -0.487 e. The van der Waals surface area contributed by atoms with Crippen LogP contribution in [0.2, 0.25) is 0 Å². The number of carbonyl (C=O) groups excluding carboxylic acids is 1. The van der Waals surface area contributed by atoms with E-state index in [1.807, 2.05) is 6.92 Å². The molecule has 1 aliphatic rings. The molecule has 0 spiro atoms. The Labute approximate surface area is 253 Å². The Hall–Kier alpha value is -2.85. The van der Waals surface area contributed by atoms with Crippen LogP contribution in [0.4, 0.5) is 35.1 Å². The van der Waals surface area contributed by atoms with Gasteiger partial charge in [0, 0.05) is 0 Å². The lowest BCUT2D eigenvalue weighted by Crippen LogP contribution is -2.26. The molecule has 2 aromatic rings. The molecule has 1 saturated carbocycles. The molecule has 0 N–H and O–H groups in total. The number of hydrogen-bond acceptors (Lipinski definition) is 3. The van der Waals surface area contributed by atoms with Crippen LogP contribution in [0.25, 0.3) is 11.1 Å². The predicted molar refractivity (Wildman–Crippen MR) is 150 cm³/mol. The van der Waals surface area contributed by atoms with Crippen molar-refractivity contribution in [3.05, 3.63) is 46.5 Å². The highest BCUT2D eigenvalue weighted by Crippen LogP contribution is 2.42. The molecule has 44 heavy (non-hydrogen) atoms. The van der Waals surface area contributed by atoms with E-state index >= 15 is 8.78 Å². The van der Waals surface area contributed by atoms with Crippen molar-refractivity contribution in [2.75, 3.05) is 6.61 Å². The van der Waals surface area contributed by atoms with Gasteiger partial charge in [-0.1, -0.05) is 78.1 Å². The molecule has 3 rings (SSSR count). The first kappa shape index (κ1) is 35.6. The first-order valence-corrected chi connectivity index (χ1v) is 15.6. The molecule has 11 heteroatoms. The molecule has 0 aliphatic heterocycles. The second-order valence-electron chi connectivity index (χ2n) is 11.5. The molecule has 1 aliphatic carbocycles. The first-order valence-electron chi connectivity index (χ1n) is 15.6. The lowest BCUT2D eigenvalue weighted by Gasteiger charge is -2.27. The third-order valence-corrected chi connectivity index (χ3v) is 8.29. The van der Waals surface area contributed by atoms with Gasteiger partial charge in [-0.3, -0.25) is 4.79 Å². The van der Waals surface area contributed by atoms with E-state index in [9.17, 15) is 31.1 Å². The average Bonchev–Trinajstić information content (AvgIpc) is 3.02. The molecule has 1 fully saturated rings. The number of carbonyl (C=O) groups is 1. The molecule has 0 aromatic heterocycles. The SMILES string of the molecule is CCCCCCCCOc1c(F)c(F)c(-c2c(F)c(F)c(OC(=O)[C@H]3CC[C@H](CCCCCC)CC3)c(F)c2F)c(F)c1F. The van der Waals surface area contributed by atoms with E-state index in [0.29, 0.717) is 44.4 Å². The number of ether oxygens (including phenoxy) is 2. The fourth-order valence-electron chi connectivity index (χ4n) is 5.67. The summed E-state index contributed by atoms with van der Waals surface area (Å²) in [5.41, 5.74) is -4.03. The highest BCUT2D eigenvalue weighted by molar-refractivity contribution is 5.76. The van der Waals surface area contributed by atoms with Crippen LogP contribution in [0.1, 0.15) is 110 Å². The summed E-state index contributed by atoms with van der Waals surface area (Å²) in [6, 6.07) is 0. The van der Waals surface area contributed by atoms with Gasteiger partial charge in [0.25, 0.3) is 0 Å². The van der Waals surface area contributed by atoms with Crippen molar-refractivity contribution in [1.29, 1.82) is 0 Å². The molecule has 0 heterocycles. The summed E-state index contributed by atoms with van der Waals surface area (Å²) >= 11 is 0. The van der Waals surface area contributed by atoms with Crippen molar-refractivity contribution in [2.45, 2.75) is 110 Å². The van der Waals surface area contributed by atoms with Crippen molar-refractivity contribution in [3.63, 3.8) is 0 Å². The number of esters is 1. The molecular weight excluding hydrogens is 596 g/mol. The van der Waals surface area contributed by atoms with Crippen LogP contribution in [0, 0.1) is 58.4 Å². The summed E-state index contributed by atoms with van der Waals surface area (Å²) in [6.07, 6.45) is 12.1. The number of rotatable bonds is 16. The minimum atomic E-state index is -2.39. The highest BCUT2D eigenvalue weighted by Gasteiger charge is 2.37. The zero-order valence-corrected chi connectivity index (χ0v) is 25.2. The van der Waals surface area contributed by atoms with Gasteiger partial charge in [-0.25, -0.2) is 17.6 Å². The van der Waals surface area contributed by atoms with Crippen LogP contribution < -0.4 is 9.47 Å². The maximum Gasteiger partial charge on any atom is 0.314 e. The summed E-state index contributed by atoms with van der Waals surface area (Å²) in [5.74, 6) is -22.9. The van der Waals surface area contributed by atoms with E-state index < -0.39 is 81.1 Å². The van der Waals surface area contributed by atoms with Gasteiger partial charge in [0.2, 0.25) is 29.0 Å². The van der Waals surface area contributed by atoms with E-state index in [1.54, 1.807) is 0 Å². The van der Waals surface area contributed by atoms with Gasteiger partial charge in [-0.2, -0.15) is 17.6 Å². The number of unbranched alkanes of at least 4 members (excludes halogenated alkanes) is 8. The van der Waals surface area contributed by atoms with E-state index in [2.05, 4.69) is 6.92 Å². The lowest BCUT2D eigenvalue weighted by atomic mass is 9.80. The van der Waals surface area contributed by atoms with E-state index in [4.69, 9.17) is 9.47 Å². The Morgan fingerprint density at radius 2 is 1.00 bits per heavy atom. The Morgan fingerprint density at radius 3 is 1.50 bits per heavy atom. The molecule has 0 radical (unpaired) electrons. The quantitative estimate of drug-likeness (QED) is 0.0605. The molecule has 3 nitrogen and oxygen atoms in total. The van der Waals surface area contributed by atoms with Gasteiger partial charge >= 0.3 is 5.97 Å². The Kier molecular flexibility index (Phi) is 13.8. The summed E-state index contributed by atoms with van der Waals surface area (Å²) in [7, 11) is 0. The van der Waals surface area contributed by atoms with E-state index in [1.165, 1.54) is 0 Å². The van der Waals surface area contributed by atoms with E-state index in [-0.39, 0.29) is 6.61 Å². The van der Waals surface area contributed by atoms with Crippen molar-refractivity contribution >= 4 is 5.97 Å². The molecular formula is C33H40F8O3. The predicted octanol–water partition coefficient (Wildman–Crippen LogP) is 10.9. The van der Waals surface area contributed by atoms with Crippen LogP contribution in [0.15, 0.2) is 0 Å². The molecule has 246 valence electrons. The standard InChI is InChI=1S/C33H40F8O3/c1-3-5-7-9-10-12-18-43-31-27(38)23(34)21(24(35)28(31)39)22-25(36)29(40)32(30(41)26(22)37)44-33(42)20-16-14-19(15-17-20)13-11-8-6-4-2/h19-20H,3-18H2,1-2H3/t19-,20-. The number of halogens is 8. The molecule has 0 atom stereocenters. The van der Waals surface area contributed by atoms with Crippen LogP contribution >= 0.6 is 0 Å².